The monoisotopic (exact) mass is 368 g/mol. The molecule has 1 unspecified atom stereocenters. The summed E-state index contributed by atoms with van der Waals surface area (Å²) in [6.07, 6.45) is 2.82. The summed E-state index contributed by atoms with van der Waals surface area (Å²) in [5, 5.41) is 4.48. The van der Waals surface area contributed by atoms with E-state index >= 15 is 0 Å². The minimum absolute atomic E-state index is 0.167. The molecule has 0 saturated carbocycles. The number of nitrogens with zero attached hydrogens (tertiary/aromatic N) is 2. The second-order valence-electron chi connectivity index (χ2n) is 6.26. The standard InChI is InChI=1S/C17H21ClN2O3S/c1-12-17(13(2)23-19-12)24(21,22)20-10-4-3-5-15(11-20)14-6-8-16(18)9-7-14/h6-9,15H,3-5,10-11H2,1-2H3. The fourth-order valence-electron chi connectivity index (χ4n) is 3.30. The number of hydrogen-bond acceptors (Lipinski definition) is 4. The lowest BCUT2D eigenvalue weighted by molar-refractivity contribution is 0.386. The SMILES string of the molecule is Cc1noc(C)c1S(=O)(=O)N1CCCCC(c2ccc(Cl)cc2)C1. The molecule has 7 heteroatoms. The Hall–Kier alpha value is -1.37. The molecule has 2 aromatic rings. The van der Waals surface area contributed by atoms with Crippen LogP contribution in [0.3, 0.4) is 0 Å². The zero-order valence-corrected chi connectivity index (χ0v) is 15.4. The van der Waals surface area contributed by atoms with Gasteiger partial charge < -0.3 is 4.52 Å². The van der Waals surface area contributed by atoms with E-state index < -0.39 is 10.0 Å². The number of hydrogen-bond donors (Lipinski definition) is 0. The highest BCUT2D eigenvalue weighted by Gasteiger charge is 2.33. The quantitative estimate of drug-likeness (QED) is 0.824. The van der Waals surface area contributed by atoms with Gasteiger partial charge >= 0.3 is 0 Å². The maximum atomic E-state index is 13.1. The van der Waals surface area contributed by atoms with Gasteiger partial charge in [-0.1, -0.05) is 35.3 Å². The Balaban J connectivity index is 1.91. The molecule has 0 aliphatic carbocycles. The van der Waals surface area contributed by atoms with Gasteiger partial charge in [0.1, 0.15) is 10.6 Å². The smallest absolute Gasteiger partial charge is 0.248 e. The first-order chi connectivity index (χ1) is 11.4. The van der Waals surface area contributed by atoms with Crippen LogP contribution in [0.25, 0.3) is 0 Å². The van der Waals surface area contributed by atoms with Gasteiger partial charge in [0.15, 0.2) is 5.76 Å². The Bertz CT molecular complexity index is 795. The van der Waals surface area contributed by atoms with Crippen molar-refractivity contribution in [1.29, 1.82) is 0 Å². The van der Waals surface area contributed by atoms with E-state index in [1.807, 2.05) is 24.3 Å². The van der Waals surface area contributed by atoms with E-state index in [2.05, 4.69) is 5.16 Å². The second kappa shape index (κ2) is 6.86. The minimum Gasteiger partial charge on any atom is -0.360 e. The van der Waals surface area contributed by atoms with Crippen molar-refractivity contribution in [1.82, 2.24) is 9.46 Å². The van der Waals surface area contributed by atoms with Crippen molar-refractivity contribution >= 4 is 21.6 Å². The van der Waals surface area contributed by atoms with Crippen LogP contribution in [0.1, 0.15) is 42.2 Å². The topological polar surface area (TPSA) is 63.4 Å². The Morgan fingerprint density at radius 1 is 1.21 bits per heavy atom. The van der Waals surface area contributed by atoms with Crippen LogP contribution in [0.15, 0.2) is 33.7 Å². The molecule has 5 nitrogen and oxygen atoms in total. The van der Waals surface area contributed by atoms with Gasteiger partial charge in [0.2, 0.25) is 10.0 Å². The van der Waals surface area contributed by atoms with Gasteiger partial charge in [-0.2, -0.15) is 4.31 Å². The van der Waals surface area contributed by atoms with Crippen LogP contribution in [-0.2, 0) is 10.0 Å². The second-order valence-corrected chi connectivity index (χ2v) is 8.57. The molecular formula is C17H21ClN2O3S. The highest BCUT2D eigenvalue weighted by molar-refractivity contribution is 7.89. The molecule has 1 aromatic heterocycles. The first-order valence-corrected chi connectivity index (χ1v) is 9.90. The van der Waals surface area contributed by atoms with Crippen LogP contribution >= 0.6 is 11.6 Å². The number of aryl methyl sites for hydroxylation is 2. The van der Waals surface area contributed by atoms with Crippen LogP contribution in [0.2, 0.25) is 5.02 Å². The number of aromatic nitrogens is 1. The van der Waals surface area contributed by atoms with Gasteiger partial charge in [-0.05, 0) is 50.3 Å². The summed E-state index contributed by atoms with van der Waals surface area (Å²) in [6.45, 7) is 4.30. The van der Waals surface area contributed by atoms with Gasteiger partial charge in [0, 0.05) is 18.1 Å². The highest BCUT2D eigenvalue weighted by Crippen LogP contribution is 2.31. The van der Waals surface area contributed by atoms with E-state index in [4.69, 9.17) is 16.1 Å². The van der Waals surface area contributed by atoms with Crippen LogP contribution in [0, 0.1) is 13.8 Å². The molecule has 3 rings (SSSR count). The van der Waals surface area contributed by atoms with Crippen molar-refractivity contribution in [2.24, 2.45) is 0 Å². The molecule has 0 radical (unpaired) electrons. The molecule has 1 atom stereocenters. The lowest BCUT2D eigenvalue weighted by Gasteiger charge is -2.24. The third-order valence-electron chi connectivity index (χ3n) is 4.54. The summed E-state index contributed by atoms with van der Waals surface area (Å²) in [5.41, 5.74) is 1.54. The Labute approximate surface area is 147 Å². The summed E-state index contributed by atoms with van der Waals surface area (Å²) >= 11 is 5.96. The molecule has 1 aliphatic heterocycles. The highest BCUT2D eigenvalue weighted by atomic mass is 35.5. The summed E-state index contributed by atoms with van der Waals surface area (Å²) in [6, 6.07) is 7.68. The van der Waals surface area contributed by atoms with E-state index in [1.54, 1.807) is 18.2 Å². The van der Waals surface area contributed by atoms with Crippen LogP contribution in [-0.4, -0.2) is 31.0 Å². The molecule has 1 fully saturated rings. The average Bonchev–Trinajstić information content (AvgIpc) is 2.76. The van der Waals surface area contributed by atoms with E-state index in [0.717, 1.165) is 24.8 Å². The lowest BCUT2D eigenvalue weighted by atomic mass is 9.95. The minimum atomic E-state index is -3.60. The van der Waals surface area contributed by atoms with Crippen LogP contribution < -0.4 is 0 Å². The molecule has 0 amide bonds. The summed E-state index contributed by atoms with van der Waals surface area (Å²) in [4.78, 5) is 0.208. The Morgan fingerprint density at radius 3 is 2.54 bits per heavy atom. The molecule has 1 aliphatic rings. The Morgan fingerprint density at radius 2 is 1.92 bits per heavy atom. The predicted molar refractivity (Wildman–Crippen MR) is 92.8 cm³/mol. The molecule has 24 heavy (non-hydrogen) atoms. The molecule has 1 aromatic carbocycles. The fraction of sp³-hybridized carbons (Fsp3) is 0.471. The van der Waals surface area contributed by atoms with Crippen molar-refractivity contribution in [2.45, 2.75) is 43.9 Å². The summed E-state index contributed by atoms with van der Waals surface area (Å²) in [5.74, 6) is 0.514. The predicted octanol–water partition coefficient (Wildman–Crippen LogP) is 3.90. The van der Waals surface area contributed by atoms with E-state index in [-0.39, 0.29) is 10.8 Å². The zero-order valence-electron chi connectivity index (χ0n) is 13.8. The molecule has 130 valence electrons. The van der Waals surface area contributed by atoms with Gasteiger partial charge in [0.05, 0.1) is 0 Å². The van der Waals surface area contributed by atoms with Crippen molar-refractivity contribution < 1.29 is 12.9 Å². The van der Waals surface area contributed by atoms with Crippen molar-refractivity contribution in [2.75, 3.05) is 13.1 Å². The first kappa shape index (κ1) is 17.5. The lowest BCUT2D eigenvalue weighted by Crippen LogP contribution is -2.34. The third-order valence-corrected chi connectivity index (χ3v) is 6.90. The van der Waals surface area contributed by atoms with Gasteiger partial charge in [0.25, 0.3) is 0 Å². The van der Waals surface area contributed by atoms with Gasteiger partial charge in [-0.25, -0.2) is 8.42 Å². The molecule has 0 bridgehead atoms. The Kier molecular flexibility index (Phi) is 4.99. The number of rotatable bonds is 3. The van der Waals surface area contributed by atoms with Gasteiger partial charge in [-0.3, -0.25) is 0 Å². The summed E-state index contributed by atoms with van der Waals surface area (Å²) < 4.78 is 32.8. The molecule has 2 heterocycles. The van der Waals surface area contributed by atoms with E-state index in [0.29, 0.717) is 29.6 Å². The average molecular weight is 369 g/mol. The molecular weight excluding hydrogens is 348 g/mol. The largest absolute Gasteiger partial charge is 0.360 e. The van der Waals surface area contributed by atoms with Crippen molar-refractivity contribution in [3.8, 4) is 0 Å². The van der Waals surface area contributed by atoms with Gasteiger partial charge in [-0.15, -0.1) is 0 Å². The van der Waals surface area contributed by atoms with Crippen molar-refractivity contribution in [3.63, 3.8) is 0 Å². The maximum absolute atomic E-state index is 13.1. The molecule has 0 N–H and O–H groups in total. The van der Waals surface area contributed by atoms with Crippen molar-refractivity contribution in [3.05, 3.63) is 46.3 Å². The van der Waals surface area contributed by atoms with E-state index in [1.165, 1.54) is 0 Å². The maximum Gasteiger partial charge on any atom is 0.248 e. The number of sulfonamides is 1. The van der Waals surface area contributed by atoms with Crippen LogP contribution in [0.4, 0.5) is 0 Å². The fourth-order valence-corrected chi connectivity index (χ4v) is 5.25. The van der Waals surface area contributed by atoms with E-state index in [9.17, 15) is 8.42 Å². The van der Waals surface area contributed by atoms with Crippen LogP contribution in [0.5, 0.6) is 0 Å². The summed E-state index contributed by atoms with van der Waals surface area (Å²) in [7, 11) is -3.60. The number of benzene rings is 1. The third kappa shape index (κ3) is 3.36. The number of halogens is 1. The first-order valence-electron chi connectivity index (χ1n) is 8.08. The molecule has 1 saturated heterocycles. The zero-order chi connectivity index (χ0) is 17.3. The normalized spacial score (nSPS) is 20.0. The molecule has 0 spiro atoms.